The number of rotatable bonds is 6. The minimum Gasteiger partial charge on any atom is -0.317 e. The van der Waals surface area contributed by atoms with Crippen LogP contribution >= 0.6 is 0 Å². The molecule has 1 aliphatic rings. The van der Waals surface area contributed by atoms with Crippen LogP contribution in [-0.4, -0.2) is 31.2 Å². The Bertz CT molecular complexity index is 294. The molecule has 0 aromatic carbocycles. The number of nitrogens with one attached hydrogen (secondary N) is 2. The molecule has 0 aliphatic carbocycles. The van der Waals surface area contributed by atoms with Crippen molar-refractivity contribution in [3.8, 4) is 0 Å². The van der Waals surface area contributed by atoms with E-state index >= 15 is 0 Å². The van der Waals surface area contributed by atoms with E-state index in [1.165, 1.54) is 37.9 Å². The van der Waals surface area contributed by atoms with Crippen molar-refractivity contribution in [1.29, 1.82) is 0 Å². The Hall–Kier alpha value is -0.930. The van der Waals surface area contributed by atoms with Crippen LogP contribution in [0.3, 0.4) is 0 Å². The van der Waals surface area contributed by atoms with Crippen molar-refractivity contribution in [2.24, 2.45) is 5.92 Å². The molecule has 0 radical (unpaired) electrons. The molecule has 0 spiro atoms. The zero-order chi connectivity index (χ0) is 11.8. The lowest BCUT2D eigenvalue weighted by Crippen LogP contribution is -2.30. The summed E-state index contributed by atoms with van der Waals surface area (Å²) in [5.41, 5.74) is 1.32. The summed E-state index contributed by atoms with van der Waals surface area (Å²) in [5.74, 6) is 0.933. The van der Waals surface area contributed by atoms with E-state index in [0.717, 1.165) is 25.4 Å². The number of hydrogen-bond donors (Lipinski definition) is 2. The summed E-state index contributed by atoms with van der Waals surface area (Å²) in [7, 11) is 0. The maximum Gasteiger partial charge on any atom is 0.0300 e. The molecule has 17 heavy (non-hydrogen) atoms. The summed E-state index contributed by atoms with van der Waals surface area (Å²) in [6, 6.07) is 4.14. The monoisotopic (exact) mass is 233 g/mol. The Balaban J connectivity index is 1.51. The zero-order valence-electron chi connectivity index (χ0n) is 10.5. The van der Waals surface area contributed by atoms with Crippen LogP contribution in [0, 0.1) is 5.92 Å². The molecule has 1 fully saturated rings. The first-order chi connectivity index (χ1) is 8.45. The first-order valence-corrected chi connectivity index (χ1v) is 6.75. The molecule has 2 rings (SSSR count). The fourth-order valence-electron chi connectivity index (χ4n) is 2.38. The van der Waals surface area contributed by atoms with Gasteiger partial charge < -0.3 is 10.6 Å². The molecule has 0 saturated carbocycles. The van der Waals surface area contributed by atoms with E-state index in [1.54, 1.807) is 0 Å². The van der Waals surface area contributed by atoms with E-state index in [-0.39, 0.29) is 0 Å². The van der Waals surface area contributed by atoms with Crippen molar-refractivity contribution in [2.45, 2.75) is 25.7 Å². The van der Waals surface area contributed by atoms with Crippen LogP contribution in [-0.2, 0) is 6.42 Å². The standard InChI is InChI=1S/C14H23N3/c1-2-14(12-17-7-1)6-11-16-10-5-13-3-8-15-9-4-13/h1-2,7,12-13,15-16H,3-6,8-11H2. The highest BCUT2D eigenvalue weighted by Gasteiger charge is 2.11. The van der Waals surface area contributed by atoms with Gasteiger partial charge in [0.25, 0.3) is 0 Å². The van der Waals surface area contributed by atoms with Crippen LogP contribution in [0.25, 0.3) is 0 Å². The van der Waals surface area contributed by atoms with Crippen molar-refractivity contribution in [3.63, 3.8) is 0 Å². The molecular weight excluding hydrogens is 210 g/mol. The van der Waals surface area contributed by atoms with Crippen LogP contribution in [0.15, 0.2) is 24.5 Å². The first kappa shape index (κ1) is 12.5. The molecule has 0 bridgehead atoms. The van der Waals surface area contributed by atoms with Crippen LogP contribution in [0.1, 0.15) is 24.8 Å². The van der Waals surface area contributed by atoms with Crippen LogP contribution in [0.2, 0.25) is 0 Å². The summed E-state index contributed by atoms with van der Waals surface area (Å²) < 4.78 is 0. The average molecular weight is 233 g/mol. The molecule has 3 heteroatoms. The van der Waals surface area contributed by atoms with Gasteiger partial charge in [0, 0.05) is 12.4 Å². The summed E-state index contributed by atoms with van der Waals surface area (Å²) >= 11 is 0. The SMILES string of the molecule is c1cncc(CCNCCC2CCNCC2)c1. The first-order valence-electron chi connectivity index (χ1n) is 6.75. The molecular formula is C14H23N3. The largest absolute Gasteiger partial charge is 0.317 e. The molecule has 0 amide bonds. The van der Waals surface area contributed by atoms with E-state index in [4.69, 9.17) is 0 Å². The van der Waals surface area contributed by atoms with Crippen molar-refractivity contribution in [3.05, 3.63) is 30.1 Å². The Morgan fingerprint density at radius 3 is 2.94 bits per heavy atom. The van der Waals surface area contributed by atoms with Crippen LogP contribution in [0.5, 0.6) is 0 Å². The number of piperidine rings is 1. The van der Waals surface area contributed by atoms with Crippen molar-refractivity contribution >= 4 is 0 Å². The topological polar surface area (TPSA) is 37.0 Å². The molecule has 1 aromatic rings. The predicted molar refractivity (Wildman–Crippen MR) is 71.0 cm³/mol. The van der Waals surface area contributed by atoms with Gasteiger partial charge in [-0.3, -0.25) is 4.98 Å². The van der Waals surface area contributed by atoms with E-state index in [2.05, 4.69) is 21.7 Å². The lowest BCUT2D eigenvalue weighted by molar-refractivity contribution is 0.349. The zero-order valence-corrected chi connectivity index (χ0v) is 10.5. The molecule has 1 saturated heterocycles. The highest BCUT2D eigenvalue weighted by Crippen LogP contribution is 2.14. The summed E-state index contributed by atoms with van der Waals surface area (Å²) in [6.45, 7) is 4.64. The summed E-state index contributed by atoms with van der Waals surface area (Å²) in [6.07, 6.45) is 8.89. The van der Waals surface area contributed by atoms with Gasteiger partial charge in [0.05, 0.1) is 0 Å². The maximum atomic E-state index is 4.12. The predicted octanol–water partition coefficient (Wildman–Crippen LogP) is 1.60. The fourth-order valence-corrected chi connectivity index (χ4v) is 2.38. The lowest BCUT2D eigenvalue weighted by atomic mass is 9.95. The molecule has 3 nitrogen and oxygen atoms in total. The molecule has 2 heterocycles. The van der Waals surface area contributed by atoms with Gasteiger partial charge in [-0.1, -0.05) is 6.07 Å². The Morgan fingerprint density at radius 2 is 2.18 bits per heavy atom. The third kappa shape index (κ3) is 4.84. The highest BCUT2D eigenvalue weighted by atomic mass is 14.9. The van der Waals surface area contributed by atoms with Gasteiger partial charge in [0.2, 0.25) is 0 Å². The second-order valence-corrected chi connectivity index (χ2v) is 4.84. The molecule has 2 N–H and O–H groups in total. The quantitative estimate of drug-likeness (QED) is 0.733. The fraction of sp³-hybridized carbons (Fsp3) is 0.643. The van der Waals surface area contributed by atoms with E-state index in [0.29, 0.717) is 0 Å². The average Bonchev–Trinajstić information content (AvgIpc) is 2.41. The van der Waals surface area contributed by atoms with Crippen molar-refractivity contribution < 1.29 is 0 Å². The molecule has 94 valence electrons. The second kappa shape index (κ2) is 7.41. The highest BCUT2D eigenvalue weighted by molar-refractivity contribution is 5.08. The normalized spacial score (nSPS) is 17.2. The van der Waals surface area contributed by atoms with E-state index < -0.39 is 0 Å². The third-order valence-electron chi connectivity index (χ3n) is 3.50. The van der Waals surface area contributed by atoms with Gasteiger partial charge in [0.1, 0.15) is 0 Å². The Morgan fingerprint density at radius 1 is 1.29 bits per heavy atom. The van der Waals surface area contributed by atoms with Crippen LogP contribution in [0.4, 0.5) is 0 Å². The molecule has 1 aromatic heterocycles. The van der Waals surface area contributed by atoms with Gasteiger partial charge in [-0.15, -0.1) is 0 Å². The Labute approximate surface area is 104 Å². The smallest absolute Gasteiger partial charge is 0.0300 e. The van der Waals surface area contributed by atoms with E-state index in [1.807, 2.05) is 18.5 Å². The van der Waals surface area contributed by atoms with Gasteiger partial charge in [-0.2, -0.15) is 0 Å². The number of pyridine rings is 1. The minimum atomic E-state index is 0.933. The van der Waals surface area contributed by atoms with Gasteiger partial charge in [-0.25, -0.2) is 0 Å². The van der Waals surface area contributed by atoms with Crippen molar-refractivity contribution in [1.82, 2.24) is 15.6 Å². The molecule has 0 atom stereocenters. The number of nitrogens with zero attached hydrogens (tertiary/aromatic N) is 1. The van der Waals surface area contributed by atoms with Gasteiger partial charge in [-0.05, 0) is 69.4 Å². The molecule has 0 unspecified atom stereocenters. The van der Waals surface area contributed by atoms with Gasteiger partial charge >= 0.3 is 0 Å². The molecule has 1 aliphatic heterocycles. The maximum absolute atomic E-state index is 4.12. The number of aromatic nitrogens is 1. The second-order valence-electron chi connectivity index (χ2n) is 4.84. The minimum absolute atomic E-state index is 0.933. The number of hydrogen-bond acceptors (Lipinski definition) is 3. The third-order valence-corrected chi connectivity index (χ3v) is 3.50. The van der Waals surface area contributed by atoms with Gasteiger partial charge in [0.15, 0.2) is 0 Å². The van der Waals surface area contributed by atoms with E-state index in [9.17, 15) is 0 Å². The lowest BCUT2D eigenvalue weighted by Gasteiger charge is -2.22. The van der Waals surface area contributed by atoms with Crippen LogP contribution < -0.4 is 10.6 Å². The van der Waals surface area contributed by atoms with Crippen molar-refractivity contribution in [2.75, 3.05) is 26.2 Å². The summed E-state index contributed by atoms with van der Waals surface area (Å²) in [5, 5.41) is 6.94. The Kier molecular flexibility index (Phi) is 5.46. The summed E-state index contributed by atoms with van der Waals surface area (Å²) in [4.78, 5) is 4.12.